The summed E-state index contributed by atoms with van der Waals surface area (Å²) in [5.41, 5.74) is 1.28. The number of benzene rings is 1. The molecular formula is C12H13ClN6OS. The van der Waals surface area contributed by atoms with Crippen molar-refractivity contribution in [3.63, 3.8) is 0 Å². The Morgan fingerprint density at radius 2 is 2.43 bits per heavy atom. The van der Waals surface area contributed by atoms with Crippen molar-refractivity contribution in [3.8, 4) is 5.69 Å². The minimum absolute atomic E-state index is 0.0852. The van der Waals surface area contributed by atoms with Crippen molar-refractivity contribution in [3.05, 3.63) is 29.5 Å². The number of hydrogen-bond donors (Lipinski definition) is 2. The van der Waals surface area contributed by atoms with Crippen LogP contribution < -0.4 is 10.6 Å². The Morgan fingerprint density at radius 1 is 1.52 bits per heavy atom. The van der Waals surface area contributed by atoms with E-state index >= 15 is 0 Å². The standard InChI is InChI=1S/C12H13ClN6OS/c13-9-2-1-8(19-7-15-17-18-19)5-10(9)16-12(20)11-6-21-4-3-14-11/h1-2,5,7,11,14H,3-4,6H2,(H,16,20). The van der Waals surface area contributed by atoms with Crippen molar-refractivity contribution in [2.24, 2.45) is 0 Å². The monoisotopic (exact) mass is 324 g/mol. The molecule has 1 saturated heterocycles. The molecule has 9 heteroatoms. The van der Waals surface area contributed by atoms with Gasteiger partial charge in [-0.05, 0) is 28.6 Å². The van der Waals surface area contributed by atoms with E-state index < -0.39 is 0 Å². The molecule has 1 aromatic heterocycles. The molecule has 1 fully saturated rings. The number of halogens is 1. The van der Waals surface area contributed by atoms with Crippen LogP contribution in [-0.4, -0.2) is 50.2 Å². The fraction of sp³-hybridized carbons (Fsp3) is 0.333. The Balaban J connectivity index is 1.78. The molecule has 2 aromatic rings. The summed E-state index contributed by atoms with van der Waals surface area (Å²) in [5.74, 6) is 1.70. The van der Waals surface area contributed by atoms with E-state index in [1.807, 2.05) is 0 Å². The number of thioether (sulfide) groups is 1. The molecule has 7 nitrogen and oxygen atoms in total. The molecular weight excluding hydrogens is 312 g/mol. The van der Waals surface area contributed by atoms with E-state index in [1.165, 1.54) is 11.0 Å². The van der Waals surface area contributed by atoms with E-state index in [9.17, 15) is 4.79 Å². The van der Waals surface area contributed by atoms with Gasteiger partial charge in [-0.1, -0.05) is 11.6 Å². The highest BCUT2D eigenvalue weighted by atomic mass is 35.5. The van der Waals surface area contributed by atoms with E-state index in [2.05, 4.69) is 26.2 Å². The molecule has 0 aliphatic carbocycles. The maximum absolute atomic E-state index is 12.2. The molecule has 1 atom stereocenters. The Labute approximate surface area is 130 Å². The van der Waals surface area contributed by atoms with Crippen LogP contribution in [0.2, 0.25) is 5.02 Å². The van der Waals surface area contributed by atoms with Gasteiger partial charge < -0.3 is 10.6 Å². The van der Waals surface area contributed by atoms with Gasteiger partial charge in [0.1, 0.15) is 6.33 Å². The number of carbonyl (C=O) groups excluding carboxylic acids is 1. The van der Waals surface area contributed by atoms with Crippen LogP contribution in [0.25, 0.3) is 5.69 Å². The number of rotatable bonds is 3. The first-order valence-electron chi connectivity index (χ1n) is 6.39. The number of anilines is 1. The summed E-state index contributed by atoms with van der Waals surface area (Å²) in [6.07, 6.45) is 1.48. The lowest BCUT2D eigenvalue weighted by molar-refractivity contribution is -0.117. The highest BCUT2D eigenvalue weighted by Crippen LogP contribution is 2.25. The first-order chi connectivity index (χ1) is 10.2. The van der Waals surface area contributed by atoms with Crippen LogP contribution in [0.3, 0.4) is 0 Å². The number of nitrogens with zero attached hydrogens (tertiary/aromatic N) is 4. The number of carbonyl (C=O) groups is 1. The first kappa shape index (κ1) is 14.3. The second-order valence-electron chi connectivity index (χ2n) is 4.49. The van der Waals surface area contributed by atoms with Gasteiger partial charge in [0.2, 0.25) is 5.91 Å². The minimum atomic E-state index is -0.198. The van der Waals surface area contributed by atoms with Gasteiger partial charge in [0, 0.05) is 18.1 Å². The van der Waals surface area contributed by atoms with Crippen molar-refractivity contribution < 1.29 is 4.79 Å². The molecule has 0 radical (unpaired) electrons. The van der Waals surface area contributed by atoms with Crippen molar-refractivity contribution in [2.45, 2.75) is 6.04 Å². The molecule has 0 saturated carbocycles. The Kier molecular flexibility index (Phi) is 4.37. The summed E-state index contributed by atoms with van der Waals surface area (Å²) in [5, 5.41) is 17.5. The van der Waals surface area contributed by atoms with Gasteiger partial charge in [0.15, 0.2) is 0 Å². The molecule has 0 bridgehead atoms. The van der Waals surface area contributed by atoms with E-state index in [4.69, 9.17) is 11.6 Å². The number of aromatic nitrogens is 4. The lowest BCUT2D eigenvalue weighted by atomic mass is 10.2. The minimum Gasteiger partial charge on any atom is -0.323 e. The van der Waals surface area contributed by atoms with Crippen LogP contribution in [0.4, 0.5) is 5.69 Å². The third-order valence-corrected chi connectivity index (χ3v) is 4.45. The molecule has 110 valence electrons. The number of nitrogens with one attached hydrogen (secondary N) is 2. The maximum atomic E-state index is 12.2. The second kappa shape index (κ2) is 6.42. The molecule has 1 amide bonds. The van der Waals surface area contributed by atoms with Gasteiger partial charge in [0.05, 0.1) is 22.4 Å². The fourth-order valence-electron chi connectivity index (χ4n) is 1.98. The first-order valence-corrected chi connectivity index (χ1v) is 7.92. The van der Waals surface area contributed by atoms with Crippen molar-refractivity contribution in [1.82, 2.24) is 25.5 Å². The summed E-state index contributed by atoms with van der Waals surface area (Å²) >= 11 is 7.90. The summed E-state index contributed by atoms with van der Waals surface area (Å²) in [6.45, 7) is 0.834. The highest BCUT2D eigenvalue weighted by molar-refractivity contribution is 7.99. The van der Waals surface area contributed by atoms with Gasteiger partial charge in [0.25, 0.3) is 0 Å². The predicted octanol–water partition coefficient (Wildman–Crippen LogP) is 0.959. The van der Waals surface area contributed by atoms with Gasteiger partial charge >= 0.3 is 0 Å². The van der Waals surface area contributed by atoms with Crippen LogP contribution in [0.15, 0.2) is 24.5 Å². The molecule has 2 N–H and O–H groups in total. The highest BCUT2D eigenvalue weighted by Gasteiger charge is 2.21. The summed E-state index contributed by atoms with van der Waals surface area (Å²) in [4.78, 5) is 12.2. The van der Waals surface area contributed by atoms with Gasteiger partial charge in [-0.25, -0.2) is 4.68 Å². The van der Waals surface area contributed by atoms with E-state index in [-0.39, 0.29) is 11.9 Å². The maximum Gasteiger partial charge on any atom is 0.242 e. The van der Waals surface area contributed by atoms with Crippen molar-refractivity contribution in [2.75, 3.05) is 23.4 Å². The van der Waals surface area contributed by atoms with Crippen LogP contribution in [0.1, 0.15) is 0 Å². The average Bonchev–Trinajstić information content (AvgIpc) is 3.04. The normalized spacial score (nSPS) is 18.4. The van der Waals surface area contributed by atoms with Crippen LogP contribution in [0, 0.1) is 0 Å². The molecule has 3 rings (SSSR count). The number of hydrogen-bond acceptors (Lipinski definition) is 6. The fourth-order valence-corrected chi connectivity index (χ4v) is 3.08. The zero-order valence-electron chi connectivity index (χ0n) is 11.0. The largest absolute Gasteiger partial charge is 0.323 e. The Bertz CT molecular complexity index is 629. The Morgan fingerprint density at radius 3 is 3.14 bits per heavy atom. The van der Waals surface area contributed by atoms with Gasteiger partial charge in [-0.2, -0.15) is 11.8 Å². The Hall–Kier alpha value is -1.64. The van der Waals surface area contributed by atoms with Gasteiger partial charge in [-0.3, -0.25) is 4.79 Å². The summed E-state index contributed by atoms with van der Waals surface area (Å²) in [7, 11) is 0. The summed E-state index contributed by atoms with van der Waals surface area (Å²) < 4.78 is 1.50. The third kappa shape index (κ3) is 3.34. The SMILES string of the molecule is O=C(Nc1cc(-n2cnnn2)ccc1Cl)C1CSCCN1. The average molecular weight is 325 g/mol. The molecule has 1 unspecified atom stereocenters. The molecule has 0 spiro atoms. The van der Waals surface area contributed by atoms with Crippen LogP contribution in [-0.2, 0) is 4.79 Å². The molecule has 1 aromatic carbocycles. The van der Waals surface area contributed by atoms with Crippen molar-refractivity contribution >= 4 is 35.0 Å². The molecule has 1 aliphatic heterocycles. The number of tetrazole rings is 1. The molecule has 21 heavy (non-hydrogen) atoms. The van der Waals surface area contributed by atoms with E-state index in [0.29, 0.717) is 10.7 Å². The quantitative estimate of drug-likeness (QED) is 0.875. The van der Waals surface area contributed by atoms with Crippen molar-refractivity contribution in [1.29, 1.82) is 0 Å². The van der Waals surface area contributed by atoms with E-state index in [0.717, 1.165) is 23.7 Å². The lowest BCUT2D eigenvalue weighted by Crippen LogP contribution is -2.46. The third-order valence-electron chi connectivity index (χ3n) is 3.06. The van der Waals surface area contributed by atoms with E-state index in [1.54, 1.807) is 30.0 Å². The number of amides is 1. The van der Waals surface area contributed by atoms with Crippen LogP contribution in [0.5, 0.6) is 0 Å². The second-order valence-corrected chi connectivity index (χ2v) is 6.05. The summed E-state index contributed by atoms with van der Waals surface area (Å²) in [6, 6.07) is 5.03. The predicted molar refractivity (Wildman–Crippen MR) is 81.9 cm³/mol. The zero-order valence-corrected chi connectivity index (χ0v) is 12.6. The molecule has 2 heterocycles. The molecule has 1 aliphatic rings. The smallest absolute Gasteiger partial charge is 0.242 e. The van der Waals surface area contributed by atoms with Crippen LogP contribution >= 0.6 is 23.4 Å². The zero-order chi connectivity index (χ0) is 14.7. The lowest BCUT2D eigenvalue weighted by Gasteiger charge is -2.22. The van der Waals surface area contributed by atoms with Gasteiger partial charge in [-0.15, -0.1) is 5.10 Å². The topological polar surface area (TPSA) is 84.7 Å².